The van der Waals surface area contributed by atoms with Crippen molar-refractivity contribution in [3.05, 3.63) is 82.2 Å². The molecule has 0 bridgehead atoms. The van der Waals surface area contributed by atoms with Crippen LogP contribution in [0.2, 0.25) is 0 Å². The van der Waals surface area contributed by atoms with E-state index in [-0.39, 0.29) is 18.1 Å². The number of pyridine rings is 1. The van der Waals surface area contributed by atoms with E-state index >= 15 is 0 Å². The molecule has 1 heterocycles. The monoisotopic (exact) mass is 412 g/mol. The fraction of sp³-hybridized carbons (Fsp3) is 0.100. The van der Waals surface area contributed by atoms with Crippen LogP contribution in [0.5, 0.6) is 5.75 Å². The van der Waals surface area contributed by atoms with Crippen LogP contribution in [0.15, 0.2) is 76.6 Å². The predicted octanol–water partition coefficient (Wildman–Crippen LogP) is 3.97. The molecular weight excluding hydrogens is 396 g/mol. The highest BCUT2D eigenvalue weighted by Gasteiger charge is 2.09. The predicted molar refractivity (Wildman–Crippen MR) is 107 cm³/mol. The number of nitrogens with one attached hydrogen (secondary N) is 1. The maximum atomic E-state index is 12.5. The number of halogens is 1. The molecule has 26 heavy (non-hydrogen) atoms. The number of fused-ring (bicyclic) bond motifs is 1. The number of hydrogen-bond acceptors (Lipinski definition) is 3. The molecule has 0 spiro atoms. The van der Waals surface area contributed by atoms with E-state index in [1.165, 1.54) is 0 Å². The average molecular weight is 413 g/mol. The van der Waals surface area contributed by atoms with Gasteiger partial charge < -0.3 is 14.6 Å². The largest absolute Gasteiger partial charge is 0.483 e. The molecule has 0 aliphatic rings. The lowest BCUT2D eigenvalue weighted by Gasteiger charge is -2.11. The van der Waals surface area contributed by atoms with Crippen LogP contribution in [0.4, 0.5) is 5.69 Å². The molecule has 0 saturated carbocycles. The summed E-state index contributed by atoms with van der Waals surface area (Å²) in [5.41, 5.74) is 0.569. The number of aromatic nitrogens is 1. The van der Waals surface area contributed by atoms with Gasteiger partial charge in [0.25, 0.3) is 11.5 Å². The van der Waals surface area contributed by atoms with Crippen molar-refractivity contribution in [2.24, 2.45) is 0 Å². The minimum atomic E-state index is -0.274. The number of nitrogens with zero attached hydrogens (tertiary/aromatic N) is 1. The van der Waals surface area contributed by atoms with Crippen LogP contribution in [-0.2, 0) is 11.3 Å². The van der Waals surface area contributed by atoms with Crippen molar-refractivity contribution in [1.29, 1.82) is 0 Å². The fourth-order valence-electron chi connectivity index (χ4n) is 2.57. The van der Waals surface area contributed by atoms with Gasteiger partial charge in [0.15, 0.2) is 6.61 Å². The molecule has 0 unspecified atom stereocenters. The van der Waals surface area contributed by atoms with Gasteiger partial charge >= 0.3 is 0 Å². The topological polar surface area (TPSA) is 60.3 Å². The van der Waals surface area contributed by atoms with Gasteiger partial charge in [-0.1, -0.05) is 28.1 Å². The van der Waals surface area contributed by atoms with E-state index in [2.05, 4.69) is 27.8 Å². The number of hydrogen-bond donors (Lipinski definition) is 1. The first-order valence-corrected chi connectivity index (χ1v) is 8.79. The van der Waals surface area contributed by atoms with Gasteiger partial charge in [-0.15, -0.1) is 6.58 Å². The van der Waals surface area contributed by atoms with E-state index in [1.807, 2.05) is 18.2 Å². The van der Waals surface area contributed by atoms with Gasteiger partial charge in [-0.2, -0.15) is 0 Å². The second kappa shape index (κ2) is 8.01. The summed E-state index contributed by atoms with van der Waals surface area (Å²) in [7, 11) is 0. The smallest absolute Gasteiger partial charge is 0.262 e. The summed E-state index contributed by atoms with van der Waals surface area (Å²) in [5, 5.41) is 3.98. The molecule has 0 aliphatic heterocycles. The second-order valence-electron chi connectivity index (χ2n) is 5.62. The summed E-state index contributed by atoms with van der Waals surface area (Å²) in [6, 6.07) is 14.3. The Hall–Kier alpha value is -2.86. The lowest BCUT2D eigenvalue weighted by Crippen LogP contribution is -2.21. The molecule has 1 amide bonds. The maximum Gasteiger partial charge on any atom is 0.262 e. The first kappa shape index (κ1) is 17.9. The molecule has 0 fully saturated rings. The minimum Gasteiger partial charge on any atom is -0.483 e. The van der Waals surface area contributed by atoms with Crippen molar-refractivity contribution < 1.29 is 9.53 Å². The zero-order valence-electron chi connectivity index (χ0n) is 13.9. The Kier molecular flexibility index (Phi) is 5.53. The van der Waals surface area contributed by atoms with Gasteiger partial charge in [0.1, 0.15) is 5.75 Å². The van der Waals surface area contributed by atoms with Crippen LogP contribution in [0.25, 0.3) is 10.8 Å². The second-order valence-corrected chi connectivity index (χ2v) is 6.54. The number of allylic oxidation sites excluding steroid dienone is 1. The van der Waals surface area contributed by atoms with Crippen molar-refractivity contribution in [3.63, 3.8) is 0 Å². The van der Waals surface area contributed by atoms with Crippen LogP contribution in [-0.4, -0.2) is 17.1 Å². The summed E-state index contributed by atoms with van der Waals surface area (Å²) >= 11 is 3.35. The lowest BCUT2D eigenvalue weighted by atomic mass is 10.1. The quantitative estimate of drug-likeness (QED) is 0.623. The third-order valence-corrected chi connectivity index (χ3v) is 4.32. The lowest BCUT2D eigenvalue weighted by molar-refractivity contribution is -0.118. The zero-order chi connectivity index (χ0) is 18.5. The number of carbonyl (C=O) groups excluding carboxylic acids is 1. The van der Waals surface area contributed by atoms with Crippen molar-refractivity contribution in [1.82, 2.24) is 4.57 Å². The molecular formula is C20H17BrN2O3. The standard InChI is InChI=1S/C20H17BrN2O3/c1-2-11-23-12-10-16-17(20(23)25)4-3-5-18(16)26-13-19(24)22-15-8-6-14(21)7-9-15/h2-10,12H,1,11,13H2,(H,22,24). The number of anilines is 1. The third-order valence-electron chi connectivity index (χ3n) is 3.79. The molecule has 1 aromatic heterocycles. The van der Waals surface area contributed by atoms with Crippen LogP contribution in [0, 0.1) is 0 Å². The molecule has 3 rings (SSSR count). The summed E-state index contributed by atoms with van der Waals surface area (Å²) < 4.78 is 8.15. The van der Waals surface area contributed by atoms with Gasteiger partial charge in [0.2, 0.25) is 0 Å². The van der Waals surface area contributed by atoms with Crippen LogP contribution in [0.1, 0.15) is 0 Å². The Bertz CT molecular complexity index is 1010. The molecule has 6 heteroatoms. The van der Waals surface area contributed by atoms with E-state index in [0.29, 0.717) is 28.8 Å². The Morgan fingerprint density at radius 3 is 2.65 bits per heavy atom. The van der Waals surface area contributed by atoms with Crippen LogP contribution < -0.4 is 15.6 Å². The normalized spacial score (nSPS) is 10.5. The Morgan fingerprint density at radius 2 is 1.92 bits per heavy atom. The van der Waals surface area contributed by atoms with E-state index in [1.54, 1.807) is 47.2 Å². The molecule has 1 N–H and O–H groups in total. The van der Waals surface area contributed by atoms with Crippen LogP contribution in [0.3, 0.4) is 0 Å². The fourth-order valence-corrected chi connectivity index (χ4v) is 2.84. The van der Waals surface area contributed by atoms with Gasteiger partial charge in [0, 0.05) is 28.3 Å². The molecule has 0 radical (unpaired) electrons. The number of carbonyl (C=O) groups is 1. The Balaban J connectivity index is 1.75. The van der Waals surface area contributed by atoms with Gasteiger partial charge in [-0.05, 0) is 42.5 Å². The van der Waals surface area contributed by atoms with E-state index in [4.69, 9.17) is 4.74 Å². The van der Waals surface area contributed by atoms with E-state index in [0.717, 1.165) is 4.47 Å². The highest BCUT2D eigenvalue weighted by atomic mass is 79.9. The summed E-state index contributed by atoms with van der Waals surface area (Å²) in [4.78, 5) is 24.5. The van der Waals surface area contributed by atoms with E-state index < -0.39 is 0 Å². The van der Waals surface area contributed by atoms with Gasteiger partial charge in [0.05, 0.1) is 5.39 Å². The maximum absolute atomic E-state index is 12.5. The molecule has 2 aromatic carbocycles. The van der Waals surface area contributed by atoms with Crippen molar-refractivity contribution >= 4 is 38.3 Å². The average Bonchev–Trinajstić information content (AvgIpc) is 2.64. The van der Waals surface area contributed by atoms with Crippen molar-refractivity contribution in [2.45, 2.75) is 6.54 Å². The van der Waals surface area contributed by atoms with Gasteiger partial charge in [-0.3, -0.25) is 9.59 Å². The highest BCUT2D eigenvalue weighted by Crippen LogP contribution is 2.23. The Morgan fingerprint density at radius 1 is 1.15 bits per heavy atom. The van der Waals surface area contributed by atoms with Crippen molar-refractivity contribution in [3.8, 4) is 5.75 Å². The van der Waals surface area contributed by atoms with Gasteiger partial charge in [-0.25, -0.2) is 0 Å². The number of rotatable bonds is 6. The molecule has 0 saturated heterocycles. The van der Waals surface area contributed by atoms with Crippen molar-refractivity contribution in [2.75, 3.05) is 11.9 Å². The Labute approximate surface area is 159 Å². The SMILES string of the molecule is C=CCn1ccc2c(OCC(=O)Nc3ccc(Br)cc3)cccc2c1=O. The third kappa shape index (κ3) is 4.03. The zero-order valence-corrected chi connectivity index (χ0v) is 15.5. The number of ether oxygens (including phenoxy) is 1. The summed E-state index contributed by atoms with van der Waals surface area (Å²) in [6.45, 7) is 3.94. The number of amides is 1. The molecule has 0 aliphatic carbocycles. The minimum absolute atomic E-state index is 0.118. The first-order chi connectivity index (χ1) is 12.6. The number of benzene rings is 2. The van der Waals surface area contributed by atoms with Crippen LogP contribution >= 0.6 is 15.9 Å². The molecule has 0 atom stereocenters. The summed E-state index contributed by atoms with van der Waals surface area (Å²) in [5.74, 6) is 0.223. The van der Waals surface area contributed by atoms with E-state index in [9.17, 15) is 9.59 Å². The molecule has 3 aromatic rings. The highest BCUT2D eigenvalue weighted by molar-refractivity contribution is 9.10. The first-order valence-electron chi connectivity index (χ1n) is 8.00. The molecule has 5 nitrogen and oxygen atoms in total. The molecule has 132 valence electrons. The summed E-state index contributed by atoms with van der Waals surface area (Å²) in [6.07, 6.45) is 3.36.